The van der Waals surface area contributed by atoms with Crippen molar-refractivity contribution in [3.8, 4) is 0 Å². The number of nitrogens with zero attached hydrogens (tertiary/aromatic N) is 3. The zero-order chi connectivity index (χ0) is 24.4. The second kappa shape index (κ2) is 10.2. The van der Waals surface area contributed by atoms with Crippen LogP contribution in [0.25, 0.3) is 0 Å². The zero-order valence-electron chi connectivity index (χ0n) is 19.1. The van der Waals surface area contributed by atoms with Crippen molar-refractivity contribution in [3.63, 3.8) is 0 Å². The minimum Gasteiger partial charge on any atom is -0.351 e. The van der Waals surface area contributed by atoms with Crippen LogP contribution in [0.15, 0.2) is 65.3 Å². The molecule has 0 aliphatic carbocycles. The van der Waals surface area contributed by atoms with Crippen molar-refractivity contribution >= 4 is 23.4 Å². The number of halogens is 2. The fourth-order valence-corrected chi connectivity index (χ4v) is 5.42. The largest absolute Gasteiger partial charge is 0.351 e. The van der Waals surface area contributed by atoms with Gasteiger partial charge in [-0.25, -0.2) is 4.39 Å². The third kappa shape index (κ3) is 5.09. The van der Waals surface area contributed by atoms with Crippen molar-refractivity contribution in [2.45, 2.75) is 12.5 Å². The highest BCUT2D eigenvalue weighted by atomic mass is 35.5. The van der Waals surface area contributed by atoms with E-state index in [0.29, 0.717) is 24.9 Å². The molecule has 2 aliphatic rings. The minimum atomic E-state index is -0.583. The van der Waals surface area contributed by atoms with E-state index in [1.165, 1.54) is 18.3 Å². The van der Waals surface area contributed by atoms with E-state index in [1.807, 2.05) is 30.3 Å². The van der Waals surface area contributed by atoms with Gasteiger partial charge in [-0.3, -0.25) is 9.59 Å². The van der Waals surface area contributed by atoms with E-state index in [9.17, 15) is 14.0 Å². The van der Waals surface area contributed by atoms with Crippen LogP contribution in [0.1, 0.15) is 38.9 Å². The number of nitrogens with one attached hydrogen (secondary N) is 1. The van der Waals surface area contributed by atoms with E-state index in [2.05, 4.69) is 15.4 Å². The molecule has 2 amide bonds. The lowest BCUT2D eigenvalue weighted by atomic mass is 10.0. The van der Waals surface area contributed by atoms with E-state index in [4.69, 9.17) is 16.1 Å². The van der Waals surface area contributed by atoms with E-state index in [1.54, 1.807) is 17.0 Å². The van der Waals surface area contributed by atoms with Crippen LogP contribution in [-0.4, -0.2) is 59.5 Å². The van der Waals surface area contributed by atoms with Crippen LogP contribution in [0.3, 0.4) is 0 Å². The number of benzene rings is 2. The molecule has 1 N–H and O–H groups in total. The molecule has 3 aromatic rings. The van der Waals surface area contributed by atoms with E-state index in [-0.39, 0.29) is 34.2 Å². The van der Waals surface area contributed by atoms with Gasteiger partial charge in [0.15, 0.2) is 0 Å². The van der Waals surface area contributed by atoms with Gasteiger partial charge in [0.25, 0.3) is 11.8 Å². The number of rotatable bonds is 7. The van der Waals surface area contributed by atoms with Gasteiger partial charge in [-0.1, -0.05) is 53.2 Å². The molecule has 182 valence electrons. The lowest BCUT2D eigenvalue weighted by molar-refractivity contribution is 0.0769. The first-order valence-corrected chi connectivity index (χ1v) is 12.1. The molecule has 2 saturated heterocycles. The van der Waals surface area contributed by atoms with Crippen molar-refractivity contribution in [3.05, 3.63) is 88.5 Å². The molecule has 3 heterocycles. The van der Waals surface area contributed by atoms with Gasteiger partial charge < -0.3 is 19.6 Å². The standard InChI is InChI=1S/C26H26ClFN4O3/c27-20-7-4-8-21(28)24(20)26(34)32-15-18-13-31(14-19(18)16-32)12-10-22(17-5-2-1-3-6-17)30-25(33)23-9-11-29-35-23/h1-9,11,18-19,22H,10,12-16H2,(H,30,33)/t18-,19?,22?/m0/s1. The Morgan fingerprint density at radius 2 is 1.80 bits per heavy atom. The first-order valence-electron chi connectivity index (χ1n) is 11.7. The average molecular weight is 497 g/mol. The normalized spacial score (nSPS) is 20.6. The summed E-state index contributed by atoms with van der Waals surface area (Å²) < 4.78 is 19.2. The molecule has 3 atom stereocenters. The Morgan fingerprint density at radius 3 is 2.46 bits per heavy atom. The maximum atomic E-state index is 14.2. The van der Waals surface area contributed by atoms with Gasteiger partial charge in [0.2, 0.25) is 5.76 Å². The monoisotopic (exact) mass is 496 g/mol. The van der Waals surface area contributed by atoms with Gasteiger partial charge in [0.1, 0.15) is 5.82 Å². The van der Waals surface area contributed by atoms with E-state index in [0.717, 1.165) is 31.6 Å². The zero-order valence-corrected chi connectivity index (χ0v) is 19.8. The predicted octanol–water partition coefficient (Wildman–Crippen LogP) is 4.03. The second-order valence-electron chi connectivity index (χ2n) is 9.19. The van der Waals surface area contributed by atoms with Crippen LogP contribution in [0, 0.1) is 17.7 Å². The predicted molar refractivity (Wildman–Crippen MR) is 129 cm³/mol. The van der Waals surface area contributed by atoms with Gasteiger partial charge >= 0.3 is 0 Å². The molecule has 0 radical (unpaired) electrons. The minimum absolute atomic E-state index is 0.0424. The Labute approximate surface area is 207 Å². The number of hydrogen-bond donors (Lipinski definition) is 1. The smallest absolute Gasteiger partial charge is 0.290 e. The highest BCUT2D eigenvalue weighted by Gasteiger charge is 2.42. The van der Waals surface area contributed by atoms with Crippen LogP contribution in [-0.2, 0) is 0 Å². The van der Waals surface area contributed by atoms with E-state index >= 15 is 0 Å². The molecular formula is C26H26ClFN4O3. The molecule has 2 aromatic carbocycles. The number of aromatic nitrogens is 1. The summed E-state index contributed by atoms with van der Waals surface area (Å²) >= 11 is 6.10. The van der Waals surface area contributed by atoms with Crippen LogP contribution in [0.2, 0.25) is 5.02 Å². The maximum absolute atomic E-state index is 14.2. The molecule has 2 unspecified atom stereocenters. The quantitative estimate of drug-likeness (QED) is 0.534. The highest BCUT2D eigenvalue weighted by Crippen LogP contribution is 2.33. The van der Waals surface area contributed by atoms with Crippen LogP contribution >= 0.6 is 11.6 Å². The number of carbonyl (C=O) groups excluding carboxylic acids is 2. The third-order valence-corrected chi connectivity index (χ3v) is 7.24. The molecule has 0 spiro atoms. The maximum Gasteiger partial charge on any atom is 0.290 e. The topological polar surface area (TPSA) is 78.7 Å². The molecule has 35 heavy (non-hydrogen) atoms. The number of amides is 2. The summed E-state index contributed by atoms with van der Waals surface area (Å²) in [5.41, 5.74) is 0.984. The Kier molecular flexibility index (Phi) is 6.83. The number of fused-ring (bicyclic) bond motifs is 1. The second-order valence-corrected chi connectivity index (χ2v) is 9.60. The highest BCUT2D eigenvalue weighted by molar-refractivity contribution is 6.33. The third-order valence-electron chi connectivity index (χ3n) is 6.93. The Balaban J connectivity index is 1.18. The van der Waals surface area contributed by atoms with Crippen LogP contribution < -0.4 is 5.32 Å². The molecule has 1 aromatic heterocycles. The Morgan fingerprint density at radius 1 is 1.06 bits per heavy atom. The number of carbonyl (C=O) groups is 2. The van der Waals surface area contributed by atoms with Crippen LogP contribution in [0.4, 0.5) is 4.39 Å². The molecule has 0 bridgehead atoms. The SMILES string of the molecule is O=C(NC(CCN1CC2CN(C(=O)c3c(F)cccc3Cl)C[C@@H]2C1)c1ccccc1)c1ccno1. The molecule has 0 saturated carbocycles. The van der Waals surface area contributed by atoms with Gasteiger partial charge in [-0.2, -0.15) is 0 Å². The molecular weight excluding hydrogens is 471 g/mol. The van der Waals surface area contributed by atoms with Gasteiger partial charge in [-0.05, 0) is 36.0 Å². The fraction of sp³-hybridized carbons (Fsp3) is 0.346. The first-order chi connectivity index (χ1) is 17.0. The molecule has 7 nitrogen and oxygen atoms in total. The lowest BCUT2D eigenvalue weighted by Crippen LogP contribution is -2.35. The lowest BCUT2D eigenvalue weighted by Gasteiger charge is -2.25. The van der Waals surface area contributed by atoms with Gasteiger partial charge in [0, 0.05) is 38.8 Å². The fourth-order valence-electron chi connectivity index (χ4n) is 5.18. The average Bonchev–Trinajstić information content (AvgIpc) is 3.59. The van der Waals surface area contributed by atoms with Crippen molar-refractivity contribution < 1.29 is 18.5 Å². The first kappa shape index (κ1) is 23.5. The van der Waals surface area contributed by atoms with E-state index < -0.39 is 5.82 Å². The molecule has 5 rings (SSSR count). The summed E-state index contributed by atoms with van der Waals surface area (Å²) in [5.74, 6) is -0.363. The van der Waals surface area contributed by atoms with Crippen molar-refractivity contribution in [1.82, 2.24) is 20.3 Å². The van der Waals surface area contributed by atoms with Crippen molar-refractivity contribution in [2.24, 2.45) is 11.8 Å². The Hall–Kier alpha value is -3.23. The summed E-state index contributed by atoms with van der Waals surface area (Å²) in [6, 6.07) is 15.5. The van der Waals surface area contributed by atoms with Gasteiger partial charge in [0.05, 0.1) is 22.8 Å². The number of hydrogen-bond acceptors (Lipinski definition) is 5. The Bertz CT molecular complexity index is 1160. The molecule has 9 heteroatoms. The number of likely N-dealkylation sites (tertiary alicyclic amines) is 2. The molecule has 2 fully saturated rings. The van der Waals surface area contributed by atoms with Crippen molar-refractivity contribution in [2.75, 3.05) is 32.7 Å². The van der Waals surface area contributed by atoms with Gasteiger partial charge in [-0.15, -0.1) is 0 Å². The summed E-state index contributed by atoms with van der Waals surface area (Å²) in [5, 5.41) is 6.82. The van der Waals surface area contributed by atoms with Crippen molar-refractivity contribution in [1.29, 1.82) is 0 Å². The summed E-state index contributed by atoms with van der Waals surface area (Å²) in [7, 11) is 0. The van der Waals surface area contributed by atoms with Crippen LogP contribution in [0.5, 0.6) is 0 Å². The summed E-state index contributed by atoms with van der Waals surface area (Å²) in [4.78, 5) is 29.6. The molecule has 2 aliphatic heterocycles. The summed E-state index contributed by atoms with van der Waals surface area (Å²) in [6.07, 6.45) is 2.18. The summed E-state index contributed by atoms with van der Waals surface area (Å²) in [6.45, 7) is 3.70.